The number of benzene rings is 3. The number of thioether (sulfide) groups is 1. The van der Waals surface area contributed by atoms with E-state index in [4.69, 9.17) is 36.3 Å². The highest BCUT2D eigenvalue weighted by molar-refractivity contribution is 7.98. The first-order valence-corrected chi connectivity index (χ1v) is 24.5. The van der Waals surface area contributed by atoms with Gasteiger partial charge in [-0.25, -0.2) is 23.3 Å². The van der Waals surface area contributed by atoms with Gasteiger partial charge >= 0.3 is 5.97 Å². The molecule has 2 atom stereocenters. The van der Waals surface area contributed by atoms with Crippen LogP contribution in [-0.4, -0.2) is 127 Å². The first kappa shape index (κ1) is 47.1. The molecule has 0 unspecified atom stereocenters. The minimum absolute atomic E-state index is 0.0415. The van der Waals surface area contributed by atoms with Gasteiger partial charge in [0, 0.05) is 60.2 Å². The number of ether oxygens (including phenoxy) is 4. The number of nitrogens with one attached hydrogen (secondary N) is 4. The van der Waals surface area contributed by atoms with Gasteiger partial charge in [-0.2, -0.15) is 0 Å². The Morgan fingerprint density at radius 1 is 0.955 bits per heavy atom. The molecule has 1 saturated heterocycles. The number of esters is 1. The van der Waals surface area contributed by atoms with Crippen LogP contribution >= 0.6 is 35.3 Å². The van der Waals surface area contributed by atoms with Crippen molar-refractivity contribution in [1.29, 1.82) is 0 Å². The second-order valence-electron chi connectivity index (χ2n) is 15.2. The lowest BCUT2D eigenvalue weighted by molar-refractivity contribution is -0.125. The molecule has 0 saturated carbocycles. The van der Waals surface area contributed by atoms with Gasteiger partial charge in [-0.3, -0.25) is 19.4 Å². The third kappa shape index (κ3) is 10.00. The minimum Gasteiger partial charge on any atom is -0.508 e. The van der Waals surface area contributed by atoms with Crippen LogP contribution < -0.4 is 31.1 Å². The summed E-state index contributed by atoms with van der Waals surface area (Å²) in [5.74, 6) is -1.92. The molecule has 3 aromatic carbocycles. The van der Waals surface area contributed by atoms with Crippen molar-refractivity contribution in [2.75, 3.05) is 57.6 Å². The van der Waals surface area contributed by atoms with E-state index in [1.807, 2.05) is 0 Å². The molecule has 67 heavy (non-hydrogen) atoms. The highest BCUT2D eigenvalue weighted by atomic mass is 32.2. The Bertz CT molecular complexity index is 2830. The SMILES string of the molecule is CSc1cncc(C(=O)N[C@H]2C[C@@H](C(=O)NCCOCCOCCNC(=S)Nc3ccc4c(c3)C(=O)OC43c4ccc(O)cc4Oc4cc(O)ccc43)N(C(=O)c3ccsc3S(N)(=O)=O)C2)n1. The van der Waals surface area contributed by atoms with Crippen molar-refractivity contribution in [2.45, 2.75) is 33.3 Å². The van der Waals surface area contributed by atoms with E-state index >= 15 is 0 Å². The largest absolute Gasteiger partial charge is 0.508 e. The Hall–Kier alpha value is -6.41. The number of likely N-dealkylation sites (tertiary alicyclic amines) is 1. The molecule has 0 aliphatic carbocycles. The van der Waals surface area contributed by atoms with Crippen LogP contribution in [0.2, 0.25) is 0 Å². The number of thiophene rings is 1. The zero-order valence-corrected chi connectivity index (χ0v) is 38.6. The molecule has 3 aliphatic rings. The van der Waals surface area contributed by atoms with Crippen LogP contribution in [0, 0.1) is 0 Å². The topological polar surface area (TPSA) is 283 Å². The summed E-state index contributed by atoms with van der Waals surface area (Å²) in [4.78, 5) is 63.2. The summed E-state index contributed by atoms with van der Waals surface area (Å²) in [6.07, 6.45) is 4.65. The van der Waals surface area contributed by atoms with Gasteiger partial charge in [0.2, 0.25) is 15.9 Å². The van der Waals surface area contributed by atoms with E-state index < -0.39 is 51.4 Å². The number of aromatic nitrogens is 2. The number of sulfonamides is 1. The number of rotatable bonds is 16. The van der Waals surface area contributed by atoms with Gasteiger partial charge in [0.25, 0.3) is 11.8 Å². The third-order valence-electron chi connectivity index (χ3n) is 10.9. The number of primary sulfonamides is 1. The Labute approximate surface area is 396 Å². The van der Waals surface area contributed by atoms with Crippen LogP contribution in [0.25, 0.3) is 0 Å². The number of hydrogen-bond donors (Lipinski definition) is 7. The molecule has 350 valence electrons. The quantitative estimate of drug-likeness (QED) is 0.0324. The summed E-state index contributed by atoms with van der Waals surface area (Å²) in [6.45, 7) is 1.14. The smallest absolute Gasteiger partial charge is 0.340 e. The molecule has 20 nitrogen and oxygen atoms in total. The standard InChI is InChI=1S/C43H42N8O12S4/c1-65-36-21-45-20-32(50-36)37(54)48-24-17-33(51(22-24)39(56)27-8-15-66-41(27)67(44,58)59)38(55)46-9-11-60-13-14-61-12-10-47-42(64)49-23-2-5-29-28(16-23)40(57)63-43(29)30-6-3-25(52)18-34(30)62-35-19-26(53)4-7-31(35)43/h2-8,15-16,18-21,24,33,52-53H,9-14,17,22H2,1H3,(H,46,55)(H,48,54)(H2,44,58,59)(H2,47,49,64)/t24-,33-/m0/s1. The number of phenols is 2. The molecular formula is C43H42N8O12S4. The van der Waals surface area contributed by atoms with Crippen molar-refractivity contribution >= 4 is 79.8 Å². The van der Waals surface area contributed by atoms with Crippen molar-refractivity contribution in [3.8, 4) is 23.0 Å². The minimum atomic E-state index is -4.23. The first-order chi connectivity index (χ1) is 32.2. The summed E-state index contributed by atoms with van der Waals surface area (Å²) in [5, 5.41) is 39.6. The Morgan fingerprint density at radius 3 is 2.30 bits per heavy atom. The van der Waals surface area contributed by atoms with E-state index in [2.05, 4.69) is 31.2 Å². The number of nitrogens with two attached hydrogens (primary N) is 1. The monoisotopic (exact) mass is 990 g/mol. The molecule has 1 fully saturated rings. The molecule has 1 spiro atoms. The average Bonchev–Trinajstić information content (AvgIpc) is 4.04. The Morgan fingerprint density at radius 2 is 1.63 bits per heavy atom. The lowest BCUT2D eigenvalue weighted by Crippen LogP contribution is -2.47. The molecule has 8 rings (SSSR count). The molecule has 3 aliphatic heterocycles. The molecule has 0 bridgehead atoms. The Kier molecular flexibility index (Phi) is 13.9. The van der Waals surface area contributed by atoms with Crippen LogP contribution in [0.4, 0.5) is 5.69 Å². The summed E-state index contributed by atoms with van der Waals surface area (Å²) < 4.78 is 47.5. The van der Waals surface area contributed by atoms with Crippen molar-refractivity contribution in [3.63, 3.8) is 0 Å². The number of amides is 3. The molecule has 3 amide bonds. The molecule has 2 aromatic heterocycles. The number of phenolic OH excluding ortho intramolecular Hbond substituents is 2. The van der Waals surface area contributed by atoms with Gasteiger partial charge in [0.05, 0.1) is 49.9 Å². The van der Waals surface area contributed by atoms with E-state index in [0.29, 0.717) is 39.5 Å². The highest BCUT2D eigenvalue weighted by Gasteiger charge is 2.54. The zero-order chi connectivity index (χ0) is 47.5. The van der Waals surface area contributed by atoms with Gasteiger partial charge < -0.3 is 55.3 Å². The summed E-state index contributed by atoms with van der Waals surface area (Å²) in [7, 11) is -4.23. The van der Waals surface area contributed by atoms with Crippen molar-refractivity contribution < 1.29 is 56.8 Å². The number of carbonyl (C=O) groups is 4. The van der Waals surface area contributed by atoms with E-state index in [-0.39, 0.29) is 89.5 Å². The average molecular weight is 991 g/mol. The molecule has 5 heterocycles. The van der Waals surface area contributed by atoms with Gasteiger partial charge in [-0.05, 0) is 72.7 Å². The fraction of sp³-hybridized carbons (Fsp3) is 0.279. The van der Waals surface area contributed by atoms with Crippen LogP contribution in [0.3, 0.4) is 0 Å². The van der Waals surface area contributed by atoms with E-state index in [1.165, 1.54) is 64.8 Å². The number of aromatic hydroxyl groups is 2. The second-order valence-corrected chi connectivity index (χ2v) is 19.1. The summed E-state index contributed by atoms with van der Waals surface area (Å²) in [6, 6.07) is 13.8. The number of anilines is 1. The van der Waals surface area contributed by atoms with Crippen LogP contribution in [0.5, 0.6) is 23.0 Å². The van der Waals surface area contributed by atoms with Crippen molar-refractivity contribution in [3.05, 3.63) is 112 Å². The van der Waals surface area contributed by atoms with Gasteiger partial charge in [-0.1, -0.05) is 6.07 Å². The van der Waals surface area contributed by atoms with Gasteiger partial charge in [-0.15, -0.1) is 23.1 Å². The summed E-state index contributed by atoms with van der Waals surface area (Å²) in [5.41, 5.74) is 0.888. The first-order valence-electron chi connectivity index (χ1n) is 20.4. The van der Waals surface area contributed by atoms with Gasteiger partial charge in [0.1, 0.15) is 44.0 Å². The van der Waals surface area contributed by atoms with E-state index in [1.54, 1.807) is 36.6 Å². The van der Waals surface area contributed by atoms with Crippen LogP contribution in [0.15, 0.2) is 87.7 Å². The number of nitrogens with zero attached hydrogens (tertiary/aromatic N) is 3. The molecule has 0 radical (unpaired) electrons. The van der Waals surface area contributed by atoms with Crippen LogP contribution in [0.1, 0.15) is 54.3 Å². The third-order valence-corrected chi connectivity index (χ3v) is 14.1. The maximum absolute atomic E-state index is 13.7. The predicted octanol–water partition coefficient (Wildman–Crippen LogP) is 3.04. The predicted molar refractivity (Wildman–Crippen MR) is 247 cm³/mol. The van der Waals surface area contributed by atoms with Gasteiger partial charge in [0.15, 0.2) is 10.7 Å². The lowest BCUT2D eigenvalue weighted by atomic mass is 9.77. The van der Waals surface area contributed by atoms with Crippen molar-refractivity contribution in [2.24, 2.45) is 5.14 Å². The van der Waals surface area contributed by atoms with E-state index in [9.17, 15) is 37.8 Å². The number of fused-ring (bicyclic) bond motifs is 6. The fourth-order valence-corrected chi connectivity index (χ4v) is 10.3. The normalized spacial score (nSPS) is 16.6. The summed E-state index contributed by atoms with van der Waals surface area (Å²) >= 11 is 7.57. The molecule has 5 aromatic rings. The van der Waals surface area contributed by atoms with Crippen LogP contribution in [-0.2, 0) is 34.6 Å². The fourth-order valence-electron chi connectivity index (χ4n) is 7.94. The maximum atomic E-state index is 13.7. The zero-order valence-electron chi connectivity index (χ0n) is 35.3. The highest BCUT2D eigenvalue weighted by Crippen LogP contribution is 2.57. The van der Waals surface area contributed by atoms with E-state index in [0.717, 1.165) is 11.3 Å². The van der Waals surface area contributed by atoms with Crippen molar-refractivity contribution in [1.82, 2.24) is 30.8 Å². The molecule has 24 heteroatoms. The number of carbonyl (C=O) groups excluding carboxylic acids is 4. The lowest BCUT2D eigenvalue weighted by Gasteiger charge is -2.36. The molecular weight excluding hydrogens is 949 g/mol. The number of hydrogen-bond acceptors (Lipinski definition) is 17. The maximum Gasteiger partial charge on any atom is 0.340 e. The number of thiocarbonyl (C=S) groups is 1. The molecule has 8 N–H and O–H groups in total. The Balaban J connectivity index is 0.779. The second kappa shape index (κ2) is 19.8.